The molecule has 12 aromatic carbocycles. The topological polar surface area (TPSA) is 72.8 Å². The van der Waals surface area contributed by atoms with E-state index in [0.29, 0.717) is 0 Å². The van der Waals surface area contributed by atoms with E-state index in [2.05, 4.69) is 221 Å². The van der Waals surface area contributed by atoms with Gasteiger partial charge in [-0.05, 0) is 116 Å². The fourth-order valence-electron chi connectivity index (χ4n) is 11.2. The van der Waals surface area contributed by atoms with Crippen molar-refractivity contribution >= 4 is 55.6 Å². The average molecular weight is 2200 g/mol. The molecule has 0 amide bonds. The molecule has 101 heavy (non-hydrogen) atoms. The zero-order chi connectivity index (χ0) is 71.5. The Hall–Kier alpha value is -9.73. The smallest absolute Gasteiger partial charge is 0.0830 e. The van der Waals surface area contributed by atoms with Gasteiger partial charge in [-0.2, -0.15) is 30.3 Å². The van der Waals surface area contributed by atoms with Gasteiger partial charge in [0.2, 0.25) is 0 Å². The number of hydrogen-bond acceptors (Lipinski definition) is 6. The van der Waals surface area contributed by atoms with E-state index in [4.69, 9.17) is 16.0 Å². The third kappa shape index (κ3) is 17.9. The zero-order valence-electron chi connectivity index (χ0n) is 61.3. The zero-order valence-corrected chi connectivity index (χ0v) is 65.3. The first-order chi connectivity index (χ1) is 51.0. The molecule has 5 radical (unpaired) electrons. The first-order valence-corrected chi connectivity index (χ1v) is 30.9. The Balaban J connectivity index is 0.000000156. The second-order valence-electron chi connectivity index (χ2n) is 21.5. The maximum atomic E-state index is 7.75. The first-order valence-electron chi connectivity index (χ1n) is 34.9. The normalized spacial score (nSPS) is 11.8. The molecule has 18 rings (SSSR count). The van der Waals surface area contributed by atoms with Crippen molar-refractivity contribution in [1.29, 1.82) is 0 Å². The van der Waals surface area contributed by atoms with E-state index in [9.17, 15) is 0 Å². The van der Waals surface area contributed by atoms with E-state index in [-0.39, 0.29) is 112 Å². The van der Waals surface area contributed by atoms with E-state index in [1.807, 2.05) is 170 Å². The molecule has 17 aromatic rings. The van der Waals surface area contributed by atoms with Crippen LogP contribution < -0.4 is 9.80 Å². The van der Waals surface area contributed by atoms with Gasteiger partial charge < -0.3 is 33.5 Å². The standard InChI is InChI=1S/C23H15N2.C19H14N2.C19H13N2.C15H11N2.C11H8N.5Ir/c1-2-8-18(9-3-1)25-22-12-5-4-10-19(22)20-16-17(13-14-23(20)25)21-11-6-7-15-24-21;1-3-9-16(10-4-1)20-15-21(17-11-5-2-6-12-17)19-14-8-7-13-18(19)20;1-3-9-15(10-4-1)19-20-17-13-7-8-14-18(17)21(19)16-11-5-2-6-12-16;1-3-7-13(8-4-1)15-16-11-12-17(15)14-9-5-2-6-10-14;1-2-6-10(7-3-1)11-8-4-5-9-12-11;;;;;/h1-12,14-16H;1-11,13-15H;1-9,11-14H;1-7,9-12H;1-6,8-9H;;;;;/q-1;-2;3*-1;;;;;/i;;;;1D,2D,3D,4D,5D,6D,8D,9D;;;;;. The van der Waals surface area contributed by atoms with Crippen LogP contribution in [0.25, 0.3) is 95.2 Å². The molecule has 1 aliphatic heterocycles. The molecular formula is C87H61Ir5N9-6. The summed E-state index contributed by atoms with van der Waals surface area (Å²) in [5.41, 5.74) is 15.9. The molecule has 14 heteroatoms. The summed E-state index contributed by atoms with van der Waals surface area (Å²) in [5, 5.41) is 2.46. The Morgan fingerprint density at radius 2 is 0.921 bits per heavy atom. The predicted octanol–water partition coefficient (Wildman–Crippen LogP) is 20.9. The summed E-state index contributed by atoms with van der Waals surface area (Å²) in [7, 11) is 0. The quantitative estimate of drug-likeness (QED) is 0.134. The minimum Gasteiger partial charge on any atom is -0.493 e. The number of nitrogens with zero attached hydrogens (tertiary/aromatic N) is 9. The molecule has 0 spiro atoms. The van der Waals surface area contributed by atoms with Gasteiger partial charge in [0.25, 0.3) is 0 Å². The molecule has 9 nitrogen and oxygen atoms in total. The molecule has 1 aliphatic rings. The van der Waals surface area contributed by atoms with Gasteiger partial charge in [-0.15, -0.1) is 144 Å². The van der Waals surface area contributed by atoms with Crippen LogP contribution in [0.3, 0.4) is 0 Å². The van der Waals surface area contributed by atoms with Crippen LogP contribution in [0.15, 0.2) is 364 Å². The van der Waals surface area contributed by atoms with Crippen LogP contribution in [0.5, 0.6) is 0 Å². The van der Waals surface area contributed by atoms with Gasteiger partial charge in [0, 0.05) is 168 Å². The van der Waals surface area contributed by atoms with Crippen LogP contribution in [-0.2, 0) is 101 Å². The number of hydrogen-bond donors (Lipinski definition) is 0. The summed E-state index contributed by atoms with van der Waals surface area (Å²) in [6.07, 6.45) is 5.07. The van der Waals surface area contributed by atoms with Crippen molar-refractivity contribution in [2.24, 2.45) is 0 Å². The maximum absolute atomic E-state index is 7.75. The van der Waals surface area contributed by atoms with Gasteiger partial charge >= 0.3 is 0 Å². The summed E-state index contributed by atoms with van der Waals surface area (Å²) in [6.45, 7) is 2.12. The van der Waals surface area contributed by atoms with Gasteiger partial charge in [0.05, 0.1) is 28.2 Å². The van der Waals surface area contributed by atoms with E-state index in [1.165, 1.54) is 27.7 Å². The number of rotatable bonds is 9. The molecule has 6 heterocycles. The fraction of sp³-hybridized carbons (Fsp3) is 0. The number of pyridine rings is 2. The van der Waals surface area contributed by atoms with Crippen molar-refractivity contribution in [3.05, 3.63) is 401 Å². The van der Waals surface area contributed by atoms with E-state index >= 15 is 0 Å². The molecular weight excluding hydrogens is 2130 g/mol. The minimum atomic E-state index is -0.526. The summed E-state index contributed by atoms with van der Waals surface area (Å²) in [4.78, 5) is 21.7. The molecule has 505 valence electrons. The van der Waals surface area contributed by atoms with Crippen molar-refractivity contribution in [3.8, 4) is 62.4 Å². The molecule has 0 N–H and O–H groups in total. The number of benzene rings is 12. The second-order valence-corrected chi connectivity index (χ2v) is 21.5. The number of anilines is 4. The van der Waals surface area contributed by atoms with Gasteiger partial charge in [-0.3, -0.25) is 9.97 Å². The molecule has 0 saturated carbocycles. The Bertz CT molecular complexity index is 5610. The Kier molecular flexibility index (Phi) is 24.1. The molecule has 0 atom stereocenters. The maximum Gasteiger partial charge on any atom is 0.0830 e. The third-order valence-corrected chi connectivity index (χ3v) is 15.5. The molecule has 0 unspecified atom stereocenters. The second kappa shape index (κ2) is 37.6. The SMILES string of the molecule is [2H]c1[c-]c(-c2nc([2H])c([2H])c([2H])c2[2H])c([2H])c([2H])c1[2H].[Ir].[Ir].[Ir].[Ir].[Ir].[c-]1cc2c(cc1-c1ccccn1)c1ccccc1n2-c1ccccc1.[c-]1ccccc1-c1nc2ccccc2n1-c1ccccc1.[c-]1ccccc1-c1nccn1-c1ccccc1.[c-]1ccccc1N1[CH-]N(c2ccccc2)c2ccccc21. The Morgan fingerprint density at radius 1 is 0.356 bits per heavy atom. The van der Waals surface area contributed by atoms with Gasteiger partial charge in [0.1, 0.15) is 0 Å². The molecule has 0 bridgehead atoms. The minimum absolute atomic E-state index is 0. The third-order valence-electron chi connectivity index (χ3n) is 15.5. The number of para-hydroxylation sites is 10. The van der Waals surface area contributed by atoms with Crippen molar-refractivity contribution < 1.29 is 111 Å². The Labute approximate surface area is 668 Å². The van der Waals surface area contributed by atoms with Crippen molar-refractivity contribution in [2.45, 2.75) is 0 Å². The average Bonchev–Trinajstić information content (AvgIpc) is 1.68. The number of fused-ring (bicyclic) bond motifs is 5. The van der Waals surface area contributed by atoms with Crippen LogP contribution in [0.1, 0.15) is 11.0 Å². The summed E-state index contributed by atoms with van der Waals surface area (Å²) >= 11 is 0. The van der Waals surface area contributed by atoms with Crippen LogP contribution in [0.4, 0.5) is 22.7 Å². The van der Waals surface area contributed by atoms with Crippen LogP contribution in [0.2, 0.25) is 0 Å². The van der Waals surface area contributed by atoms with Crippen molar-refractivity contribution in [2.75, 3.05) is 9.80 Å². The molecule has 0 saturated heterocycles. The molecule has 0 fully saturated rings. The van der Waals surface area contributed by atoms with E-state index < -0.39 is 48.5 Å². The summed E-state index contributed by atoms with van der Waals surface area (Å²) < 4.78 is 66.9. The van der Waals surface area contributed by atoms with Gasteiger partial charge in [0.15, 0.2) is 0 Å². The monoisotopic (exact) mass is 2200 g/mol. The van der Waals surface area contributed by atoms with Crippen LogP contribution in [0, 0.1) is 37.0 Å². The van der Waals surface area contributed by atoms with Crippen molar-refractivity contribution in [3.63, 3.8) is 0 Å². The largest absolute Gasteiger partial charge is 0.493 e. The number of aromatic nitrogens is 7. The van der Waals surface area contributed by atoms with Crippen LogP contribution in [-0.4, -0.2) is 33.6 Å². The van der Waals surface area contributed by atoms with Gasteiger partial charge in [-0.25, -0.2) is 0 Å². The predicted molar refractivity (Wildman–Crippen MR) is 391 cm³/mol. The number of imidazole rings is 2. The Morgan fingerprint density at radius 3 is 1.57 bits per heavy atom. The summed E-state index contributed by atoms with van der Waals surface area (Å²) in [5.74, 6) is 1.83. The van der Waals surface area contributed by atoms with E-state index in [1.54, 1.807) is 0 Å². The van der Waals surface area contributed by atoms with Crippen LogP contribution >= 0.6 is 0 Å². The summed E-state index contributed by atoms with van der Waals surface area (Å²) in [6, 6.07) is 113. The van der Waals surface area contributed by atoms with Crippen molar-refractivity contribution in [1.82, 2.24) is 33.6 Å². The van der Waals surface area contributed by atoms with E-state index in [0.717, 1.165) is 79.0 Å². The molecule has 0 aliphatic carbocycles. The first kappa shape index (κ1) is 64.6. The fourth-order valence-corrected chi connectivity index (χ4v) is 11.2. The van der Waals surface area contributed by atoms with Gasteiger partial charge in [-0.1, -0.05) is 145 Å². The molecule has 5 aromatic heterocycles.